The van der Waals surface area contributed by atoms with Crippen molar-refractivity contribution >= 4 is 5.91 Å². The molecule has 0 bridgehead atoms. The van der Waals surface area contributed by atoms with E-state index in [1.807, 2.05) is 13.0 Å². The van der Waals surface area contributed by atoms with Gasteiger partial charge < -0.3 is 14.8 Å². The van der Waals surface area contributed by atoms with Crippen LogP contribution in [0.4, 0.5) is 0 Å². The van der Waals surface area contributed by atoms with Crippen molar-refractivity contribution in [3.05, 3.63) is 23.8 Å². The summed E-state index contributed by atoms with van der Waals surface area (Å²) in [5.74, 6) is 1.83. The number of ether oxygens (including phenoxy) is 2. The summed E-state index contributed by atoms with van der Waals surface area (Å²) in [4.78, 5) is 11.9. The average molecular weight is 303 g/mol. The van der Waals surface area contributed by atoms with Gasteiger partial charge in [0.25, 0.3) is 0 Å². The number of hydrogen-bond acceptors (Lipinski definition) is 3. The molecule has 4 heteroatoms. The van der Waals surface area contributed by atoms with Crippen LogP contribution in [0.5, 0.6) is 11.5 Å². The second kappa shape index (κ2) is 6.59. The molecule has 1 fully saturated rings. The van der Waals surface area contributed by atoms with E-state index < -0.39 is 0 Å². The van der Waals surface area contributed by atoms with Gasteiger partial charge in [0.15, 0.2) is 11.5 Å². The lowest BCUT2D eigenvalue weighted by Crippen LogP contribution is -2.39. The molecule has 1 heterocycles. The number of fused-ring (bicyclic) bond motifs is 1. The summed E-state index contributed by atoms with van der Waals surface area (Å²) in [5.41, 5.74) is 1.32. The molecule has 0 radical (unpaired) electrons. The van der Waals surface area contributed by atoms with Crippen molar-refractivity contribution in [3.8, 4) is 11.5 Å². The molecule has 22 heavy (non-hydrogen) atoms. The Balaban J connectivity index is 1.79. The van der Waals surface area contributed by atoms with Crippen LogP contribution in [0.25, 0.3) is 0 Å². The van der Waals surface area contributed by atoms with Crippen LogP contribution in [-0.4, -0.2) is 25.7 Å². The Kier molecular flexibility index (Phi) is 4.55. The van der Waals surface area contributed by atoms with E-state index in [2.05, 4.69) is 17.4 Å². The van der Waals surface area contributed by atoms with E-state index in [4.69, 9.17) is 9.47 Å². The summed E-state index contributed by atoms with van der Waals surface area (Å²) >= 11 is 0. The summed E-state index contributed by atoms with van der Waals surface area (Å²) in [7, 11) is 0. The van der Waals surface area contributed by atoms with E-state index in [0.29, 0.717) is 19.6 Å². The molecule has 1 amide bonds. The van der Waals surface area contributed by atoms with Crippen molar-refractivity contribution in [2.24, 2.45) is 0 Å². The van der Waals surface area contributed by atoms with E-state index in [1.54, 1.807) is 0 Å². The second-order valence-corrected chi connectivity index (χ2v) is 6.37. The van der Waals surface area contributed by atoms with Crippen LogP contribution in [0, 0.1) is 0 Å². The van der Waals surface area contributed by atoms with Gasteiger partial charge in [-0.05, 0) is 37.0 Å². The lowest BCUT2D eigenvalue weighted by atomic mass is 9.78. The molecule has 0 aromatic heterocycles. The lowest BCUT2D eigenvalue weighted by molar-refractivity contribution is -0.121. The van der Waals surface area contributed by atoms with Crippen molar-refractivity contribution in [1.29, 1.82) is 0 Å². The van der Waals surface area contributed by atoms with Crippen LogP contribution in [0.1, 0.15) is 51.0 Å². The number of nitrogens with one attached hydrogen (secondary N) is 1. The average Bonchev–Trinajstić information content (AvgIpc) is 3.03. The number of amides is 1. The smallest absolute Gasteiger partial charge is 0.220 e. The fourth-order valence-corrected chi connectivity index (χ4v) is 3.58. The predicted molar refractivity (Wildman–Crippen MR) is 85.5 cm³/mol. The van der Waals surface area contributed by atoms with Gasteiger partial charge in [-0.1, -0.05) is 25.8 Å². The monoisotopic (exact) mass is 303 g/mol. The Hall–Kier alpha value is -1.71. The van der Waals surface area contributed by atoms with E-state index >= 15 is 0 Å². The van der Waals surface area contributed by atoms with Gasteiger partial charge in [-0.3, -0.25) is 4.79 Å². The third kappa shape index (κ3) is 3.06. The first-order chi connectivity index (χ1) is 10.7. The third-order valence-corrected chi connectivity index (χ3v) is 4.82. The maximum atomic E-state index is 11.9. The quantitative estimate of drug-likeness (QED) is 0.909. The zero-order chi connectivity index (χ0) is 15.4. The molecule has 0 unspecified atom stereocenters. The molecule has 1 aliphatic heterocycles. The standard InChI is InChI=1S/C18H25NO3/c1-2-5-17(20)19-13-18(8-3-4-9-18)14-6-7-15-16(12-14)22-11-10-21-15/h6-7,12H,2-5,8-11,13H2,1H3,(H,19,20). The van der Waals surface area contributed by atoms with Gasteiger partial charge >= 0.3 is 0 Å². The molecular formula is C18H25NO3. The SMILES string of the molecule is CCCC(=O)NCC1(c2ccc3c(c2)OCCO3)CCCC1. The van der Waals surface area contributed by atoms with Gasteiger partial charge in [0.2, 0.25) is 5.91 Å². The van der Waals surface area contributed by atoms with Crippen molar-refractivity contribution in [1.82, 2.24) is 5.32 Å². The highest BCUT2D eigenvalue weighted by Crippen LogP contribution is 2.43. The van der Waals surface area contributed by atoms with Crippen LogP contribution in [0.3, 0.4) is 0 Å². The molecule has 120 valence electrons. The fraction of sp³-hybridized carbons (Fsp3) is 0.611. The minimum atomic E-state index is 0.0548. The molecule has 0 saturated heterocycles. The van der Waals surface area contributed by atoms with Crippen LogP contribution >= 0.6 is 0 Å². The number of carbonyl (C=O) groups is 1. The molecule has 1 N–H and O–H groups in total. The minimum Gasteiger partial charge on any atom is -0.486 e. The zero-order valence-electron chi connectivity index (χ0n) is 13.3. The number of rotatable bonds is 5. The van der Waals surface area contributed by atoms with Gasteiger partial charge in [-0.2, -0.15) is 0 Å². The Morgan fingerprint density at radius 1 is 1.18 bits per heavy atom. The zero-order valence-corrected chi connectivity index (χ0v) is 13.3. The van der Waals surface area contributed by atoms with E-state index in [9.17, 15) is 4.79 Å². The van der Waals surface area contributed by atoms with Gasteiger partial charge in [0.1, 0.15) is 13.2 Å². The molecule has 1 saturated carbocycles. The number of carbonyl (C=O) groups excluding carboxylic acids is 1. The summed E-state index contributed by atoms with van der Waals surface area (Å²) in [6, 6.07) is 6.27. The Morgan fingerprint density at radius 2 is 1.91 bits per heavy atom. The Morgan fingerprint density at radius 3 is 2.64 bits per heavy atom. The summed E-state index contributed by atoms with van der Waals surface area (Å²) in [5, 5.41) is 3.13. The number of benzene rings is 1. The second-order valence-electron chi connectivity index (χ2n) is 6.37. The first-order valence-electron chi connectivity index (χ1n) is 8.40. The highest BCUT2D eigenvalue weighted by atomic mass is 16.6. The molecule has 0 spiro atoms. The van der Waals surface area contributed by atoms with Crippen molar-refractivity contribution < 1.29 is 14.3 Å². The maximum absolute atomic E-state index is 11.9. The van der Waals surface area contributed by atoms with Crippen molar-refractivity contribution in [2.75, 3.05) is 19.8 Å². The third-order valence-electron chi connectivity index (χ3n) is 4.82. The molecule has 3 rings (SSSR count). The van der Waals surface area contributed by atoms with Crippen LogP contribution in [0.2, 0.25) is 0 Å². The van der Waals surface area contributed by atoms with Crippen LogP contribution in [0.15, 0.2) is 18.2 Å². The molecule has 2 aliphatic rings. The van der Waals surface area contributed by atoms with Crippen LogP contribution in [-0.2, 0) is 10.2 Å². The molecule has 1 aliphatic carbocycles. The first kappa shape index (κ1) is 15.2. The lowest BCUT2D eigenvalue weighted by Gasteiger charge is -2.31. The van der Waals surface area contributed by atoms with E-state index in [1.165, 1.54) is 18.4 Å². The highest BCUT2D eigenvalue weighted by molar-refractivity contribution is 5.76. The normalized spacial score (nSPS) is 19.0. The van der Waals surface area contributed by atoms with E-state index in [-0.39, 0.29) is 11.3 Å². The van der Waals surface area contributed by atoms with Crippen LogP contribution < -0.4 is 14.8 Å². The molecule has 0 atom stereocenters. The molecule has 1 aromatic carbocycles. The summed E-state index contributed by atoms with van der Waals surface area (Å²) in [6.45, 7) is 3.98. The summed E-state index contributed by atoms with van der Waals surface area (Å²) in [6.07, 6.45) is 6.19. The van der Waals surface area contributed by atoms with Gasteiger partial charge in [-0.25, -0.2) is 0 Å². The fourth-order valence-electron chi connectivity index (χ4n) is 3.58. The van der Waals surface area contributed by atoms with Gasteiger partial charge in [0.05, 0.1) is 0 Å². The maximum Gasteiger partial charge on any atom is 0.220 e. The van der Waals surface area contributed by atoms with Gasteiger partial charge in [-0.15, -0.1) is 0 Å². The van der Waals surface area contributed by atoms with E-state index in [0.717, 1.165) is 37.3 Å². The highest BCUT2D eigenvalue weighted by Gasteiger charge is 2.36. The molecule has 4 nitrogen and oxygen atoms in total. The topological polar surface area (TPSA) is 47.6 Å². The van der Waals surface area contributed by atoms with Crippen molar-refractivity contribution in [3.63, 3.8) is 0 Å². The summed E-state index contributed by atoms with van der Waals surface area (Å²) < 4.78 is 11.3. The van der Waals surface area contributed by atoms with Gasteiger partial charge in [0, 0.05) is 18.4 Å². The number of hydrogen-bond donors (Lipinski definition) is 1. The Labute approximate surface area is 132 Å². The first-order valence-corrected chi connectivity index (χ1v) is 8.40. The minimum absolute atomic E-state index is 0.0548. The van der Waals surface area contributed by atoms with Crippen molar-refractivity contribution in [2.45, 2.75) is 50.9 Å². The molecule has 1 aromatic rings. The molecular weight excluding hydrogens is 278 g/mol. The predicted octanol–water partition coefficient (Wildman–Crippen LogP) is 3.19. The Bertz CT molecular complexity index is 535. The largest absolute Gasteiger partial charge is 0.486 e.